The van der Waals surface area contributed by atoms with Gasteiger partial charge in [-0.3, -0.25) is 9.59 Å². The molecule has 0 heterocycles. The monoisotopic (exact) mass is 316 g/mol. The second kappa shape index (κ2) is 9.79. The Morgan fingerprint density at radius 2 is 0.955 bits per heavy atom. The third kappa shape index (κ3) is 15.3. The molecule has 2 amide bonds. The highest BCUT2D eigenvalue weighted by atomic mass is 16.2. The first-order valence-electron chi connectivity index (χ1n) is 8.14. The van der Waals surface area contributed by atoms with Crippen LogP contribution in [0.4, 0.5) is 0 Å². The van der Waals surface area contributed by atoms with Crippen molar-refractivity contribution in [3.05, 3.63) is 0 Å². The maximum absolute atomic E-state index is 11.6. The molecular formula is C16H36N4O2+2. The largest absolute Gasteiger partial charge is 0.351 e. The van der Waals surface area contributed by atoms with Crippen LogP contribution >= 0.6 is 0 Å². The van der Waals surface area contributed by atoms with Gasteiger partial charge in [0.05, 0.1) is 42.3 Å². The zero-order valence-corrected chi connectivity index (χ0v) is 15.4. The average Bonchev–Trinajstić information content (AvgIpc) is 2.27. The SMILES string of the molecule is C[N+](C)(C)CC(=O)NCCCCCCNC(=O)C[N+](C)(C)C. The van der Waals surface area contributed by atoms with E-state index >= 15 is 0 Å². The Morgan fingerprint density at radius 3 is 1.23 bits per heavy atom. The molecule has 6 nitrogen and oxygen atoms in total. The highest BCUT2D eigenvalue weighted by Gasteiger charge is 2.14. The highest BCUT2D eigenvalue weighted by molar-refractivity contribution is 5.77. The fourth-order valence-corrected chi connectivity index (χ4v) is 2.03. The third-order valence-corrected chi connectivity index (χ3v) is 2.98. The molecule has 0 rings (SSSR count). The zero-order valence-electron chi connectivity index (χ0n) is 15.4. The molecule has 0 aliphatic heterocycles. The van der Waals surface area contributed by atoms with Crippen molar-refractivity contribution in [1.82, 2.24) is 10.6 Å². The van der Waals surface area contributed by atoms with Crippen molar-refractivity contribution < 1.29 is 18.6 Å². The van der Waals surface area contributed by atoms with Crippen LogP contribution in [0.5, 0.6) is 0 Å². The Hall–Kier alpha value is -1.14. The Balaban J connectivity index is 3.45. The van der Waals surface area contributed by atoms with Crippen molar-refractivity contribution in [3.8, 4) is 0 Å². The summed E-state index contributed by atoms with van der Waals surface area (Å²) in [6.45, 7) is 2.51. The predicted octanol–water partition coefficient (Wildman–Crippen LogP) is 0.192. The minimum atomic E-state index is 0.111. The number of quaternary nitrogens is 2. The fourth-order valence-electron chi connectivity index (χ4n) is 2.03. The Bertz CT molecular complexity index is 309. The van der Waals surface area contributed by atoms with Crippen molar-refractivity contribution in [2.24, 2.45) is 0 Å². The van der Waals surface area contributed by atoms with E-state index in [9.17, 15) is 9.59 Å². The summed E-state index contributed by atoms with van der Waals surface area (Å²) in [6, 6.07) is 0. The molecule has 0 saturated carbocycles. The number of nitrogens with one attached hydrogen (secondary N) is 2. The average molecular weight is 316 g/mol. The minimum absolute atomic E-state index is 0.111. The van der Waals surface area contributed by atoms with Crippen LogP contribution < -0.4 is 10.6 Å². The van der Waals surface area contributed by atoms with E-state index in [0.29, 0.717) is 22.1 Å². The Labute approximate surface area is 136 Å². The summed E-state index contributed by atoms with van der Waals surface area (Å²) in [5.74, 6) is 0.222. The van der Waals surface area contributed by atoms with Crippen LogP contribution in [0, 0.1) is 0 Å². The molecule has 6 heteroatoms. The van der Waals surface area contributed by atoms with E-state index < -0.39 is 0 Å². The summed E-state index contributed by atoms with van der Waals surface area (Å²) in [4.78, 5) is 23.2. The molecular weight excluding hydrogens is 280 g/mol. The van der Waals surface area contributed by atoms with E-state index in [4.69, 9.17) is 0 Å². The van der Waals surface area contributed by atoms with Gasteiger partial charge in [-0.1, -0.05) is 12.8 Å². The van der Waals surface area contributed by atoms with Gasteiger partial charge < -0.3 is 19.6 Å². The lowest BCUT2D eigenvalue weighted by atomic mass is 10.2. The lowest BCUT2D eigenvalue weighted by Gasteiger charge is -2.23. The summed E-state index contributed by atoms with van der Waals surface area (Å²) < 4.78 is 1.30. The topological polar surface area (TPSA) is 58.2 Å². The van der Waals surface area contributed by atoms with E-state index in [2.05, 4.69) is 10.6 Å². The molecule has 0 spiro atoms. The second-order valence-electron chi connectivity index (χ2n) is 8.01. The van der Waals surface area contributed by atoms with Gasteiger partial charge in [0.25, 0.3) is 11.8 Å². The molecule has 0 radical (unpaired) electrons. The molecule has 0 unspecified atom stereocenters. The van der Waals surface area contributed by atoms with Crippen molar-refractivity contribution in [2.45, 2.75) is 25.7 Å². The van der Waals surface area contributed by atoms with Gasteiger partial charge in [0.1, 0.15) is 0 Å². The van der Waals surface area contributed by atoms with Crippen molar-refractivity contribution in [3.63, 3.8) is 0 Å². The lowest BCUT2D eigenvalue weighted by molar-refractivity contribution is -0.862. The third-order valence-electron chi connectivity index (χ3n) is 2.98. The molecule has 2 N–H and O–H groups in total. The molecule has 0 aromatic carbocycles. The van der Waals surface area contributed by atoms with Crippen LogP contribution in [0.25, 0.3) is 0 Å². The molecule has 0 aliphatic carbocycles. The lowest BCUT2D eigenvalue weighted by Crippen LogP contribution is -2.44. The summed E-state index contributed by atoms with van der Waals surface area (Å²) in [7, 11) is 12.0. The van der Waals surface area contributed by atoms with Gasteiger partial charge in [-0.15, -0.1) is 0 Å². The number of hydrogen-bond donors (Lipinski definition) is 2. The number of carbonyl (C=O) groups is 2. The first-order valence-corrected chi connectivity index (χ1v) is 8.14. The molecule has 0 saturated heterocycles. The molecule has 0 atom stereocenters. The van der Waals surface area contributed by atoms with Crippen LogP contribution in [0.1, 0.15) is 25.7 Å². The quantitative estimate of drug-likeness (QED) is 0.422. The normalized spacial score (nSPS) is 12.1. The number of hydrogen-bond acceptors (Lipinski definition) is 2. The molecule has 0 aromatic rings. The molecule has 22 heavy (non-hydrogen) atoms. The number of amides is 2. The number of rotatable bonds is 11. The van der Waals surface area contributed by atoms with Crippen molar-refractivity contribution in [1.29, 1.82) is 0 Å². The molecule has 0 aliphatic rings. The van der Waals surface area contributed by atoms with E-state index in [1.807, 2.05) is 42.3 Å². The zero-order chi connectivity index (χ0) is 17.2. The van der Waals surface area contributed by atoms with Crippen LogP contribution in [0.2, 0.25) is 0 Å². The standard InChI is InChI=1S/C16H34N4O2/c1-19(2,3)13-15(21)17-11-9-7-8-10-12-18-16(22)14-20(4,5)6/h7-14H2,1-6H3/p+2. The maximum Gasteiger partial charge on any atom is 0.275 e. The maximum atomic E-state index is 11.6. The van der Waals surface area contributed by atoms with Gasteiger partial charge in [-0.05, 0) is 12.8 Å². The van der Waals surface area contributed by atoms with Gasteiger partial charge in [0.2, 0.25) is 0 Å². The molecule has 130 valence electrons. The van der Waals surface area contributed by atoms with Crippen molar-refractivity contribution in [2.75, 3.05) is 68.5 Å². The van der Waals surface area contributed by atoms with Gasteiger partial charge >= 0.3 is 0 Å². The number of likely N-dealkylation sites (N-methyl/N-ethyl adjacent to an activating group) is 2. The minimum Gasteiger partial charge on any atom is -0.351 e. The number of unbranched alkanes of at least 4 members (excludes halogenated alkanes) is 3. The first kappa shape index (κ1) is 20.9. The molecule has 0 aromatic heterocycles. The summed E-state index contributed by atoms with van der Waals surface area (Å²) >= 11 is 0. The second-order valence-corrected chi connectivity index (χ2v) is 8.01. The van der Waals surface area contributed by atoms with E-state index in [0.717, 1.165) is 38.8 Å². The summed E-state index contributed by atoms with van der Waals surface area (Å²) in [5.41, 5.74) is 0. The fraction of sp³-hybridized carbons (Fsp3) is 0.875. The van der Waals surface area contributed by atoms with Crippen LogP contribution in [0.15, 0.2) is 0 Å². The van der Waals surface area contributed by atoms with Gasteiger partial charge in [0.15, 0.2) is 13.1 Å². The first-order chi connectivity index (χ1) is 9.99. The van der Waals surface area contributed by atoms with Gasteiger partial charge in [-0.2, -0.15) is 0 Å². The number of nitrogens with zero attached hydrogens (tertiary/aromatic N) is 2. The van der Waals surface area contributed by atoms with E-state index in [-0.39, 0.29) is 11.8 Å². The van der Waals surface area contributed by atoms with Crippen molar-refractivity contribution >= 4 is 11.8 Å². The summed E-state index contributed by atoms with van der Waals surface area (Å²) in [6.07, 6.45) is 4.15. The predicted molar refractivity (Wildman–Crippen MR) is 90.3 cm³/mol. The smallest absolute Gasteiger partial charge is 0.275 e. The van der Waals surface area contributed by atoms with Crippen LogP contribution in [-0.2, 0) is 9.59 Å². The Kier molecular flexibility index (Phi) is 9.28. The summed E-state index contributed by atoms with van der Waals surface area (Å²) in [5, 5.41) is 5.90. The van der Waals surface area contributed by atoms with Gasteiger partial charge in [0, 0.05) is 13.1 Å². The molecule has 0 fully saturated rings. The van der Waals surface area contributed by atoms with E-state index in [1.54, 1.807) is 0 Å². The Morgan fingerprint density at radius 1 is 0.636 bits per heavy atom. The highest BCUT2D eigenvalue weighted by Crippen LogP contribution is 1.98. The number of carbonyl (C=O) groups excluding carboxylic acids is 2. The van der Waals surface area contributed by atoms with Crippen LogP contribution in [-0.4, -0.2) is 89.2 Å². The van der Waals surface area contributed by atoms with E-state index in [1.165, 1.54) is 0 Å². The molecule has 0 bridgehead atoms. The van der Waals surface area contributed by atoms with Crippen LogP contribution in [0.3, 0.4) is 0 Å². The van der Waals surface area contributed by atoms with Gasteiger partial charge in [-0.25, -0.2) is 0 Å².